The normalized spacial score (nSPS) is 17.7. The van der Waals surface area contributed by atoms with E-state index in [-0.39, 0.29) is 39.2 Å². The molecule has 0 amide bonds. The molecule has 13 rings (SSSR count). The molecule has 0 unspecified atom stereocenters. The van der Waals surface area contributed by atoms with Gasteiger partial charge in [-0.15, -0.1) is 11.3 Å². The summed E-state index contributed by atoms with van der Waals surface area (Å²) in [6, 6.07) is 58.2. The Morgan fingerprint density at radius 2 is 0.961 bits per heavy atom. The summed E-state index contributed by atoms with van der Waals surface area (Å²) in [4.78, 5) is 5.44. The van der Waals surface area contributed by atoms with Crippen molar-refractivity contribution in [1.82, 2.24) is 0 Å². The second kappa shape index (κ2) is 16.8. The molecule has 4 aliphatic rings. The molecular formula is C73H77BN2S. The Bertz CT molecular complexity index is 3920. The molecule has 0 saturated heterocycles. The van der Waals surface area contributed by atoms with Crippen LogP contribution in [0.15, 0.2) is 146 Å². The number of anilines is 6. The summed E-state index contributed by atoms with van der Waals surface area (Å²) < 4.78 is 2.68. The summed E-state index contributed by atoms with van der Waals surface area (Å²) >= 11 is 1.95. The van der Waals surface area contributed by atoms with E-state index in [1.807, 2.05) is 11.3 Å². The van der Waals surface area contributed by atoms with Gasteiger partial charge in [0.15, 0.2) is 0 Å². The maximum absolute atomic E-state index is 2.74. The van der Waals surface area contributed by atoms with E-state index in [0.29, 0.717) is 0 Å². The molecular weight excluding hydrogens is 948 g/mol. The van der Waals surface area contributed by atoms with Gasteiger partial charge in [0.05, 0.1) is 5.69 Å². The van der Waals surface area contributed by atoms with Crippen molar-refractivity contribution in [2.75, 3.05) is 9.80 Å². The number of hydrogen-bond acceptors (Lipinski definition) is 3. The molecule has 0 spiro atoms. The van der Waals surface area contributed by atoms with Crippen molar-refractivity contribution in [3.63, 3.8) is 0 Å². The molecule has 0 saturated carbocycles. The van der Waals surface area contributed by atoms with E-state index in [4.69, 9.17) is 0 Å². The lowest BCUT2D eigenvalue weighted by Gasteiger charge is -2.48. The Balaban J connectivity index is 1.21. The predicted molar refractivity (Wildman–Crippen MR) is 337 cm³/mol. The molecule has 1 aromatic heterocycles. The quantitative estimate of drug-likeness (QED) is 0.162. The second-order valence-corrected chi connectivity index (χ2v) is 29.5. The van der Waals surface area contributed by atoms with Crippen molar-refractivity contribution in [3.05, 3.63) is 185 Å². The van der Waals surface area contributed by atoms with Crippen molar-refractivity contribution in [2.24, 2.45) is 0 Å². The summed E-state index contributed by atoms with van der Waals surface area (Å²) in [6.07, 6.45) is 4.67. The van der Waals surface area contributed by atoms with Gasteiger partial charge in [-0.05, 0) is 197 Å². The molecule has 2 nitrogen and oxygen atoms in total. The highest BCUT2D eigenvalue weighted by Gasteiger charge is 2.48. The molecule has 0 radical (unpaired) electrons. The van der Waals surface area contributed by atoms with Crippen LogP contribution in [-0.4, -0.2) is 6.71 Å². The third-order valence-electron chi connectivity index (χ3n) is 19.2. The minimum absolute atomic E-state index is 0.0177. The first-order chi connectivity index (χ1) is 36.3. The lowest BCUT2D eigenvalue weighted by atomic mass is 9.33. The molecule has 0 bridgehead atoms. The van der Waals surface area contributed by atoms with E-state index in [2.05, 4.69) is 259 Å². The SMILES string of the molecule is Cc1ccccc1-c1cc2c3c(c1)N(c1ccc(C(C)(C)C)cc1-c1ccccc1)c1cc4sc5cc(C(C)(C)C)ccc5c4cc1B3c1cc3c(cc1N2c1ccc2c(c1)C(C)(C)CCC2(C)C)C(C)(C)CCC3(C)C. The highest BCUT2D eigenvalue weighted by molar-refractivity contribution is 7.26. The summed E-state index contributed by atoms with van der Waals surface area (Å²) in [5.41, 5.74) is 26.8. The van der Waals surface area contributed by atoms with Gasteiger partial charge in [-0.2, -0.15) is 0 Å². The zero-order chi connectivity index (χ0) is 54.1. The van der Waals surface area contributed by atoms with Crippen LogP contribution in [-0.2, 0) is 32.5 Å². The van der Waals surface area contributed by atoms with Crippen LogP contribution in [0.2, 0.25) is 0 Å². The number of rotatable bonds is 4. The summed E-state index contributed by atoms with van der Waals surface area (Å²) in [5.74, 6) is 0. The highest BCUT2D eigenvalue weighted by Crippen LogP contribution is 2.55. The molecule has 3 heterocycles. The number of aryl methyl sites for hydroxylation is 1. The molecule has 2 aliphatic heterocycles. The highest BCUT2D eigenvalue weighted by atomic mass is 32.1. The topological polar surface area (TPSA) is 6.48 Å². The third-order valence-corrected chi connectivity index (χ3v) is 20.4. The van der Waals surface area contributed by atoms with Crippen molar-refractivity contribution >= 4 is 88.7 Å². The Morgan fingerprint density at radius 1 is 0.416 bits per heavy atom. The molecule has 9 aromatic rings. The first-order valence-electron chi connectivity index (χ1n) is 28.7. The van der Waals surface area contributed by atoms with Crippen molar-refractivity contribution in [3.8, 4) is 22.3 Å². The Kier molecular flexibility index (Phi) is 11.0. The average molecular weight is 1030 g/mol. The van der Waals surface area contributed by atoms with Crippen molar-refractivity contribution in [1.29, 1.82) is 0 Å². The van der Waals surface area contributed by atoms with Gasteiger partial charge in [0, 0.05) is 48.8 Å². The van der Waals surface area contributed by atoms with Gasteiger partial charge in [0.1, 0.15) is 0 Å². The zero-order valence-electron chi connectivity index (χ0n) is 48.6. The van der Waals surface area contributed by atoms with E-state index in [1.54, 1.807) is 0 Å². The van der Waals surface area contributed by atoms with Crippen LogP contribution in [0.25, 0.3) is 42.4 Å². The smallest absolute Gasteiger partial charge is 0.252 e. The molecule has 0 N–H and O–H groups in total. The fourth-order valence-corrected chi connectivity index (χ4v) is 15.3. The lowest BCUT2D eigenvalue weighted by Crippen LogP contribution is -2.62. The first-order valence-corrected chi connectivity index (χ1v) is 29.5. The van der Waals surface area contributed by atoms with E-state index in [0.717, 1.165) is 19.3 Å². The van der Waals surface area contributed by atoms with Crippen LogP contribution in [0.5, 0.6) is 0 Å². The lowest BCUT2D eigenvalue weighted by molar-refractivity contribution is 0.332. The number of thiophene rings is 1. The monoisotopic (exact) mass is 1020 g/mol. The van der Waals surface area contributed by atoms with E-state index < -0.39 is 0 Å². The molecule has 4 heteroatoms. The van der Waals surface area contributed by atoms with Crippen molar-refractivity contribution < 1.29 is 0 Å². The number of fused-ring (bicyclic) bond motifs is 9. The predicted octanol–water partition coefficient (Wildman–Crippen LogP) is 19.1. The van der Waals surface area contributed by atoms with Crippen LogP contribution in [0.3, 0.4) is 0 Å². The van der Waals surface area contributed by atoms with E-state index in [1.165, 1.54) is 138 Å². The maximum atomic E-state index is 2.74. The molecule has 388 valence electrons. The number of hydrogen-bond donors (Lipinski definition) is 0. The summed E-state index contributed by atoms with van der Waals surface area (Å²) in [5, 5.41) is 2.69. The Morgan fingerprint density at radius 3 is 1.62 bits per heavy atom. The van der Waals surface area contributed by atoms with E-state index in [9.17, 15) is 0 Å². The Labute approximate surface area is 464 Å². The first kappa shape index (κ1) is 50.2. The largest absolute Gasteiger partial charge is 0.311 e. The fraction of sp³-hybridized carbons (Fsp3) is 0.342. The van der Waals surface area contributed by atoms with Crippen LogP contribution in [0.4, 0.5) is 34.1 Å². The van der Waals surface area contributed by atoms with Crippen LogP contribution >= 0.6 is 11.3 Å². The van der Waals surface area contributed by atoms with E-state index >= 15 is 0 Å². The molecule has 77 heavy (non-hydrogen) atoms. The maximum Gasteiger partial charge on any atom is 0.252 e. The standard InChI is InChI=1S/C73H77BN2S/c1-44-21-19-20-24-50(44)46-35-63-67-64(36-46)76(60-30-26-47(68(2,3)4)37-52(60)45-22-17-16-18-23-45)62-43-66-53(51-28-25-48(69(5,6)7)38-65(51)77-66)40-58(62)74(67)59-41-56-57(73(14,15)34-33-72(56,12)13)42-61(59)75(63)49-27-29-54-55(39-49)71(10,11)32-31-70(54,8)9/h16-30,35-43H,31-34H2,1-15H3. The minimum Gasteiger partial charge on any atom is -0.311 e. The van der Waals surface area contributed by atoms with Gasteiger partial charge in [-0.25, -0.2) is 0 Å². The second-order valence-electron chi connectivity index (χ2n) is 28.4. The third kappa shape index (κ3) is 7.84. The van der Waals surface area contributed by atoms with Crippen LogP contribution in [0.1, 0.15) is 162 Å². The molecule has 0 fully saturated rings. The molecule has 0 atom stereocenters. The molecule has 2 aliphatic carbocycles. The summed E-state index contributed by atoms with van der Waals surface area (Å²) in [7, 11) is 0. The number of benzene rings is 8. The van der Waals surface area contributed by atoms with Gasteiger partial charge in [0.2, 0.25) is 0 Å². The van der Waals surface area contributed by atoms with Crippen molar-refractivity contribution in [2.45, 2.75) is 162 Å². The van der Waals surface area contributed by atoms with Gasteiger partial charge in [0.25, 0.3) is 6.71 Å². The van der Waals surface area contributed by atoms with Crippen LogP contribution < -0.4 is 26.2 Å². The number of nitrogens with zero attached hydrogens (tertiary/aromatic N) is 2. The zero-order valence-corrected chi connectivity index (χ0v) is 49.4. The average Bonchev–Trinajstić information content (AvgIpc) is 3.95. The van der Waals surface area contributed by atoms with Gasteiger partial charge in [-0.3, -0.25) is 0 Å². The van der Waals surface area contributed by atoms with Crippen LogP contribution in [0, 0.1) is 6.92 Å². The summed E-state index contributed by atoms with van der Waals surface area (Å²) in [6.45, 7) is 36.2. The molecule has 8 aromatic carbocycles. The van der Waals surface area contributed by atoms with Gasteiger partial charge in [-0.1, -0.05) is 188 Å². The Hall–Kier alpha value is -6.36. The van der Waals surface area contributed by atoms with Gasteiger partial charge >= 0.3 is 0 Å². The minimum atomic E-state index is -0.0453. The fourth-order valence-electron chi connectivity index (χ4n) is 14.1. The van der Waals surface area contributed by atoms with Gasteiger partial charge < -0.3 is 9.80 Å².